The van der Waals surface area contributed by atoms with Crippen molar-refractivity contribution in [3.8, 4) is 11.3 Å². The van der Waals surface area contributed by atoms with Gasteiger partial charge >= 0.3 is 5.97 Å². The second-order valence-corrected chi connectivity index (χ2v) is 7.84. The zero-order valence-corrected chi connectivity index (χ0v) is 16.8. The van der Waals surface area contributed by atoms with Gasteiger partial charge in [-0.25, -0.2) is 9.78 Å². The van der Waals surface area contributed by atoms with Gasteiger partial charge in [0.15, 0.2) is 5.69 Å². The van der Waals surface area contributed by atoms with Crippen molar-refractivity contribution in [2.24, 2.45) is 5.92 Å². The number of pyridine rings is 1. The molecule has 1 heterocycles. The van der Waals surface area contributed by atoms with Gasteiger partial charge in [-0.2, -0.15) is 0 Å². The minimum Gasteiger partial charge on any atom is -0.476 e. The third kappa shape index (κ3) is 4.90. The number of benzene rings is 1. The summed E-state index contributed by atoms with van der Waals surface area (Å²) in [6.07, 6.45) is 7.40. The maximum absolute atomic E-state index is 12.8. The molecule has 1 aliphatic carbocycles. The quantitative estimate of drug-likeness (QED) is 0.683. The normalized spacial score (nSPS) is 15.1. The molecule has 3 rings (SSSR count). The molecule has 148 valence electrons. The van der Waals surface area contributed by atoms with Crippen molar-refractivity contribution in [1.82, 2.24) is 10.3 Å². The van der Waals surface area contributed by atoms with Crippen molar-refractivity contribution in [2.75, 3.05) is 6.54 Å². The van der Waals surface area contributed by atoms with E-state index in [-0.39, 0.29) is 16.6 Å². The van der Waals surface area contributed by atoms with Crippen LogP contribution in [0.4, 0.5) is 0 Å². The second-order valence-electron chi connectivity index (χ2n) is 7.43. The van der Waals surface area contributed by atoms with Crippen molar-refractivity contribution < 1.29 is 14.7 Å². The van der Waals surface area contributed by atoms with Gasteiger partial charge in [0, 0.05) is 17.7 Å². The number of nitrogens with zero attached hydrogens (tertiary/aromatic N) is 1. The Hall–Kier alpha value is -2.40. The molecule has 2 aromatic rings. The summed E-state index contributed by atoms with van der Waals surface area (Å²) in [5, 5.41) is 12.4. The predicted molar refractivity (Wildman–Crippen MR) is 110 cm³/mol. The highest BCUT2D eigenvalue weighted by Gasteiger charge is 2.17. The predicted octanol–water partition coefficient (Wildman–Crippen LogP) is 5.11. The molecular weight excluding hydrogens is 376 g/mol. The lowest BCUT2D eigenvalue weighted by atomic mass is 9.99. The lowest BCUT2D eigenvalue weighted by Crippen LogP contribution is -2.29. The Morgan fingerprint density at radius 3 is 2.54 bits per heavy atom. The zero-order chi connectivity index (χ0) is 20.1. The summed E-state index contributed by atoms with van der Waals surface area (Å²) in [7, 11) is 0. The number of halogens is 1. The number of carbonyl (C=O) groups is 2. The van der Waals surface area contributed by atoms with E-state index in [1.807, 2.05) is 19.1 Å². The number of aromatic nitrogens is 1. The van der Waals surface area contributed by atoms with Gasteiger partial charge in [0.25, 0.3) is 5.91 Å². The molecule has 6 heteroatoms. The highest BCUT2D eigenvalue weighted by atomic mass is 35.5. The first-order chi connectivity index (χ1) is 13.5. The molecule has 0 bridgehead atoms. The summed E-state index contributed by atoms with van der Waals surface area (Å²) in [6, 6.07) is 8.62. The van der Waals surface area contributed by atoms with E-state index in [2.05, 4.69) is 10.3 Å². The minimum absolute atomic E-state index is 0.0877. The summed E-state index contributed by atoms with van der Waals surface area (Å²) in [6.45, 7) is 2.59. The molecule has 0 unspecified atom stereocenters. The molecule has 0 aliphatic heterocycles. The molecule has 0 radical (unpaired) electrons. The largest absolute Gasteiger partial charge is 0.476 e. The molecule has 5 nitrogen and oxygen atoms in total. The van der Waals surface area contributed by atoms with Crippen LogP contribution in [0, 0.1) is 12.8 Å². The standard InChI is InChI=1S/C22H25ClN2O3/c1-14-8-9-16(19-11-10-18(23)20(25-19)22(27)28)12-17(14)21(26)24-13-15-6-4-2-3-5-7-15/h8-12,15H,2-7,13H2,1H3,(H,24,26)(H,27,28). The van der Waals surface area contributed by atoms with Crippen LogP contribution in [0.15, 0.2) is 30.3 Å². The van der Waals surface area contributed by atoms with Crippen molar-refractivity contribution in [3.05, 3.63) is 52.2 Å². The molecule has 28 heavy (non-hydrogen) atoms. The Labute approximate surface area is 170 Å². The van der Waals surface area contributed by atoms with Crippen LogP contribution in [0.2, 0.25) is 5.02 Å². The number of rotatable bonds is 5. The molecule has 0 spiro atoms. The number of carbonyl (C=O) groups excluding carboxylic acids is 1. The summed E-state index contributed by atoms with van der Waals surface area (Å²) in [4.78, 5) is 28.2. The Morgan fingerprint density at radius 1 is 1.14 bits per heavy atom. The van der Waals surface area contributed by atoms with Gasteiger partial charge in [0.05, 0.1) is 10.7 Å². The summed E-state index contributed by atoms with van der Waals surface area (Å²) in [5.41, 5.74) is 2.41. The third-order valence-corrected chi connectivity index (χ3v) is 5.66. The van der Waals surface area contributed by atoms with Crippen LogP contribution in [0.1, 0.15) is 64.9 Å². The molecule has 1 fully saturated rings. The minimum atomic E-state index is -1.18. The molecule has 1 aromatic heterocycles. The Kier molecular flexibility index (Phi) is 6.68. The van der Waals surface area contributed by atoms with Gasteiger partial charge in [0.1, 0.15) is 0 Å². The Balaban J connectivity index is 1.78. The molecule has 0 atom stereocenters. The summed E-state index contributed by atoms with van der Waals surface area (Å²) >= 11 is 5.90. The first-order valence-corrected chi connectivity index (χ1v) is 10.1. The SMILES string of the molecule is Cc1ccc(-c2ccc(Cl)c(C(=O)O)n2)cc1C(=O)NCC1CCCCCC1. The van der Waals surface area contributed by atoms with Gasteiger partial charge in [-0.3, -0.25) is 4.79 Å². The number of aromatic carboxylic acids is 1. The van der Waals surface area contributed by atoms with E-state index < -0.39 is 5.97 Å². The molecule has 0 saturated heterocycles. The van der Waals surface area contributed by atoms with Gasteiger partial charge in [0.2, 0.25) is 0 Å². The zero-order valence-electron chi connectivity index (χ0n) is 16.0. The number of aryl methyl sites for hydroxylation is 1. The number of hydrogen-bond acceptors (Lipinski definition) is 3. The van der Waals surface area contributed by atoms with E-state index in [9.17, 15) is 14.7 Å². The lowest BCUT2D eigenvalue weighted by molar-refractivity contribution is 0.0690. The van der Waals surface area contributed by atoms with E-state index in [0.717, 1.165) is 5.56 Å². The van der Waals surface area contributed by atoms with Crippen LogP contribution in [0.5, 0.6) is 0 Å². The summed E-state index contributed by atoms with van der Waals surface area (Å²) < 4.78 is 0. The van der Waals surface area contributed by atoms with Gasteiger partial charge in [-0.15, -0.1) is 0 Å². The Morgan fingerprint density at radius 2 is 1.86 bits per heavy atom. The van der Waals surface area contributed by atoms with E-state index >= 15 is 0 Å². The monoisotopic (exact) mass is 400 g/mol. The van der Waals surface area contributed by atoms with Gasteiger partial charge < -0.3 is 10.4 Å². The van der Waals surface area contributed by atoms with E-state index in [0.29, 0.717) is 29.3 Å². The fourth-order valence-electron chi connectivity index (χ4n) is 3.68. The van der Waals surface area contributed by atoms with E-state index in [4.69, 9.17) is 11.6 Å². The first kappa shape index (κ1) is 20.3. The van der Waals surface area contributed by atoms with E-state index in [1.165, 1.54) is 44.6 Å². The Bertz CT molecular complexity index is 874. The molecule has 1 saturated carbocycles. The average molecular weight is 401 g/mol. The lowest BCUT2D eigenvalue weighted by Gasteiger charge is -2.16. The highest BCUT2D eigenvalue weighted by molar-refractivity contribution is 6.33. The third-order valence-electron chi connectivity index (χ3n) is 5.35. The molecular formula is C22H25ClN2O3. The number of carboxylic acid groups (broad SMARTS) is 1. The molecule has 1 aliphatic rings. The van der Waals surface area contributed by atoms with Crippen molar-refractivity contribution in [2.45, 2.75) is 45.4 Å². The second kappa shape index (κ2) is 9.20. The first-order valence-electron chi connectivity index (χ1n) is 9.75. The maximum Gasteiger partial charge on any atom is 0.356 e. The van der Waals surface area contributed by atoms with Crippen molar-refractivity contribution >= 4 is 23.5 Å². The smallest absolute Gasteiger partial charge is 0.356 e. The van der Waals surface area contributed by atoms with Crippen LogP contribution in [0.3, 0.4) is 0 Å². The summed E-state index contributed by atoms with van der Waals surface area (Å²) in [5.74, 6) is -0.734. The van der Waals surface area contributed by atoms with E-state index in [1.54, 1.807) is 12.1 Å². The molecule has 1 aromatic carbocycles. The van der Waals surface area contributed by atoms with Crippen LogP contribution in [-0.2, 0) is 0 Å². The molecule has 2 N–H and O–H groups in total. The van der Waals surface area contributed by atoms with Gasteiger partial charge in [-0.05, 0) is 49.4 Å². The fourth-order valence-corrected chi connectivity index (χ4v) is 3.87. The number of nitrogens with one attached hydrogen (secondary N) is 1. The maximum atomic E-state index is 12.8. The number of hydrogen-bond donors (Lipinski definition) is 2. The average Bonchev–Trinajstić information content (AvgIpc) is 2.95. The topological polar surface area (TPSA) is 79.3 Å². The van der Waals surface area contributed by atoms with Crippen LogP contribution >= 0.6 is 11.6 Å². The fraction of sp³-hybridized carbons (Fsp3) is 0.409. The van der Waals surface area contributed by atoms with Crippen LogP contribution < -0.4 is 5.32 Å². The van der Waals surface area contributed by atoms with Crippen molar-refractivity contribution in [1.29, 1.82) is 0 Å². The highest BCUT2D eigenvalue weighted by Crippen LogP contribution is 2.25. The van der Waals surface area contributed by atoms with Crippen LogP contribution in [-0.4, -0.2) is 28.5 Å². The number of carboxylic acids is 1. The van der Waals surface area contributed by atoms with Crippen molar-refractivity contribution in [3.63, 3.8) is 0 Å². The van der Waals surface area contributed by atoms with Crippen LogP contribution in [0.25, 0.3) is 11.3 Å². The van der Waals surface area contributed by atoms with Gasteiger partial charge in [-0.1, -0.05) is 49.4 Å². The number of amides is 1. The molecule has 1 amide bonds.